The number of hydrogen-bond donors (Lipinski definition) is 3. The SMILES string of the molecule is N#Cc1c(OCCN2CCOCC2)ccc2c1CC(CNCCC1CN(c3ccc4c(n3)NC(=O)CO4)C(=O)O1)C2C(=O)O. The highest BCUT2D eigenvalue weighted by Gasteiger charge is 2.40. The molecule has 6 rings (SSSR count). The van der Waals surface area contributed by atoms with E-state index < -0.39 is 24.1 Å². The van der Waals surface area contributed by atoms with Gasteiger partial charge >= 0.3 is 12.1 Å². The van der Waals surface area contributed by atoms with E-state index in [9.17, 15) is 24.8 Å². The van der Waals surface area contributed by atoms with E-state index in [0.29, 0.717) is 74.2 Å². The minimum absolute atomic E-state index is 0.0836. The van der Waals surface area contributed by atoms with Gasteiger partial charge in [-0.1, -0.05) is 6.07 Å². The van der Waals surface area contributed by atoms with Crippen LogP contribution < -0.4 is 25.0 Å². The van der Waals surface area contributed by atoms with E-state index in [2.05, 4.69) is 26.6 Å². The number of amides is 2. The number of carboxylic acids is 1. The second-order valence-electron chi connectivity index (χ2n) is 11.2. The highest BCUT2D eigenvalue weighted by molar-refractivity contribution is 5.95. The minimum atomic E-state index is -0.931. The molecular weight excluding hydrogens is 572 g/mol. The summed E-state index contributed by atoms with van der Waals surface area (Å²) in [4.78, 5) is 44.5. The fourth-order valence-corrected chi connectivity index (χ4v) is 6.18. The van der Waals surface area contributed by atoms with E-state index in [1.807, 2.05) is 0 Å². The normalized spacial score (nSPS) is 22.8. The Morgan fingerprint density at radius 2 is 2.07 bits per heavy atom. The molecule has 2 fully saturated rings. The first-order chi connectivity index (χ1) is 21.4. The first-order valence-electron chi connectivity index (χ1n) is 14.8. The number of aromatic nitrogens is 1. The molecule has 2 saturated heterocycles. The number of morpholine rings is 1. The minimum Gasteiger partial charge on any atom is -0.491 e. The van der Waals surface area contributed by atoms with Gasteiger partial charge in [-0.2, -0.15) is 5.26 Å². The molecular formula is C30H34N6O8. The molecule has 3 unspecified atom stereocenters. The number of nitriles is 1. The predicted molar refractivity (Wildman–Crippen MR) is 155 cm³/mol. The lowest BCUT2D eigenvalue weighted by Crippen LogP contribution is -2.38. The van der Waals surface area contributed by atoms with Crippen molar-refractivity contribution in [3.05, 3.63) is 41.0 Å². The van der Waals surface area contributed by atoms with Gasteiger partial charge in [0.15, 0.2) is 18.2 Å². The number of anilines is 2. The maximum atomic E-state index is 12.6. The molecule has 3 N–H and O–H groups in total. The van der Waals surface area contributed by atoms with E-state index >= 15 is 0 Å². The van der Waals surface area contributed by atoms with Gasteiger partial charge in [0.05, 0.1) is 31.2 Å². The predicted octanol–water partition coefficient (Wildman–Crippen LogP) is 1.34. The Balaban J connectivity index is 1.02. The van der Waals surface area contributed by atoms with Crippen molar-refractivity contribution in [3.8, 4) is 17.6 Å². The fourth-order valence-electron chi connectivity index (χ4n) is 6.18. The number of rotatable bonds is 11. The number of ether oxygens (including phenoxy) is 4. The molecule has 2 aromatic rings. The van der Waals surface area contributed by atoms with Crippen molar-refractivity contribution in [2.75, 3.05) is 75.9 Å². The van der Waals surface area contributed by atoms with Gasteiger partial charge in [-0.3, -0.25) is 19.4 Å². The Kier molecular flexibility index (Phi) is 8.78. The number of hydrogen-bond acceptors (Lipinski definition) is 11. The monoisotopic (exact) mass is 606 g/mol. The zero-order valence-corrected chi connectivity index (χ0v) is 24.1. The van der Waals surface area contributed by atoms with Crippen molar-refractivity contribution in [2.45, 2.75) is 24.9 Å². The Morgan fingerprint density at radius 3 is 2.86 bits per heavy atom. The third kappa shape index (κ3) is 6.26. The zero-order valence-electron chi connectivity index (χ0n) is 24.1. The lowest BCUT2D eigenvalue weighted by Gasteiger charge is -2.26. The van der Waals surface area contributed by atoms with Gasteiger partial charge in [0, 0.05) is 19.6 Å². The van der Waals surface area contributed by atoms with Crippen molar-refractivity contribution in [1.29, 1.82) is 5.26 Å². The third-order valence-corrected chi connectivity index (χ3v) is 8.39. The summed E-state index contributed by atoms with van der Waals surface area (Å²) in [5, 5.41) is 26.0. The number of cyclic esters (lactones) is 1. The molecule has 2 amide bonds. The van der Waals surface area contributed by atoms with Crippen LogP contribution in [0.4, 0.5) is 16.4 Å². The van der Waals surface area contributed by atoms with Crippen LogP contribution >= 0.6 is 0 Å². The van der Waals surface area contributed by atoms with Crippen molar-refractivity contribution >= 4 is 29.6 Å². The van der Waals surface area contributed by atoms with Crippen LogP contribution in [0.15, 0.2) is 24.3 Å². The van der Waals surface area contributed by atoms with Crippen molar-refractivity contribution in [3.63, 3.8) is 0 Å². The Morgan fingerprint density at radius 1 is 1.23 bits per heavy atom. The van der Waals surface area contributed by atoms with E-state index in [1.165, 1.54) is 4.90 Å². The number of carbonyl (C=O) groups excluding carboxylic acids is 2. The van der Waals surface area contributed by atoms with Crippen LogP contribution in [0.5, 0.6) is 11.5 Å². The first kappa shape index (κ1) is 29.6. The number of carboxylic acid groups (broad SMARTS) is 1. The summed E-state index contributed by atoms with van der Waals surface area (Å²) in [6.45, 7) is 5.35. The molecule has 44 heavy (non-hydrogen) atoms. The van der Waals surface area contributed by atoms with E-state index in [0.717, 1.165) is 25.2 Å². The highest BCUT2D eigenvalue weighted by Crippen LogP contribution is 2.42. The molecule has 14 nitrogen and oxygen atoms in total. The average molecular weight is 607 g/mol. The molecule has 3 aliphatic heterocycles. The molecule has 232 valence electrons. The van der Waals surface area contributed by atoms with Gasteiger partial charge in [0.25, 0.3) is 5.91 Å². The van der Waals surface area contributed by atoms with Crippen LogP contribution in [-0.4, -0.2) is 105 Å². The van der Waals surface area contributed by atoms with Crippen LogP contribution in [-0.2, 0) is 25.5 Å². The number of benzene rings is 1. The molecule has 1 aliphatic carbocycles. The molecule has 4 aliphatic rings. The van der Waals surface area contributed by atoms with E-state index in [4.69, 9.17) is 18.9 Å². The van der Waals surface area contributed by atoms with Gasteiger partial charge in [0.2, 0.25) is 0 Å². The first-order valence-corrected chi connectivity index (χ1v) is 14.8. The van der Waals surface area contributed by atoms with Crippen LogP contribution in [0.1, 0.15) is 29.0 Å². The lowest BCUT2D eigenvalue weighted by atomic mass is 9.92. The van der Waals surface area contributed by atoms with Gasteiger partial charge in [-0.15, -0.1) is 0 Å². The zero-order chi connectivity index (χ0) is 30.6. The van der Waals surface area contributed by atoms with Crippen LogP contribution in [0.25, 0.3) is 0 Å². The average Bonchev–Trinajstić information content (AvgIpc) is 3.59. The van der Waals surface area contributed by atoms with Crippen molar-refractivity contribution in [1.82, 2.24) is 15.2 Å². The fraction of sp³-hybridized carbons (Fsp3) is 0.500. The smallest absolute Gasteiger partial charge is 0.415 e. The molecule has 1 aromatic heterocycles. The molecule has 1 aromatic carbocycles. The topological polar surface area (TPSA) is 176 Å². The Hall–Kier alpha value is -4.45. The summed E-state index contributed by atoms with van der Waals surface area (Å²) in [6, 6.07) is 9.02. The standard InChI is InChI=1S/C30H34N6O8/c31-14-22-21-13-18(27(29(38)39)20(21)1-2-23(22)42-12-9-35-7-10-41-11-8-35)15-32-6-5-19-16-36(30(40)44-19)25-4-3-24-28(33-25)34-26(37)17-43-24/h1-4,18-19,27,32H,5-13,15-17H2,(H,38,39)(H,33,34,37). The van der Waals surface area contributed by atoms with Crippen molar-refractivity contribution < 1.29 is 38.4 Å². The Labute approximate surface area is 253 Å². The second kappa shape index (κ2) is 13.0. The number of fused-ring (bicyclic) bond motifs is 2. The maximum absolute atomic E-state index is 12.6. The van der Waals surface area contributed by atoms with E-state index in [-0.39, 0.29) is 30.8 Å². The molecule has 0 spiro atoms. The summed E-state index contributed by atoms with van der Waals surface area (Å²) in [7, 11) is 0. The number of nitrogens with zero attached hydrogens (tertiary/aromatic N) is 4. The molecule has 0 saturated carbocycles. The molecule has 0 radical (unpaired) electrons. The third-order valence-electron chi connectivity index (χ3n) is 8.39. The van der Waals surface area contributed by atoms with Crippen LogP contribution in [0, 0.1) is 17.2 Å². The largest absolute Gasteiger partial charge is 0.491 e. The number of carbonyl (C=O) groups is 3. The highest BCUT2D eigenvalue weighted by atomic mass is 16.6. The summed E-state index contributed by atoms with van der Waals surface area (Å²) < 4.78 is 22.2. The molecule has 3 atom stereocenters. The maximum Gasteiger partial charge on any atom is 0.415 e. The van der Waals surface area contributed by atoms with Gasteiger partial charge < -0.3 is 34.7 Å². The number of nitrogens with one attached hydrogen (secondary N) is 2. The van der Waals surface area contributed by atoms with Crippen LogP contribution in [0.3, 0.4) is 0 Å². The summed E-state index contributed by atoms with van der Waals surface area (Å²) in [5.41, 5.74) is 1.79. The summed E-state index contributed by atoms with van der Waals surface area (Å²) >= 11 is 0. The molecule has 0 bridgehead atoms. The van der Waals surface area contributed by atoms with Gasteiger partial charge in [-0.25, -0.2) is 9.78 Å². The van der Waals surface area contributed by atoms with Gasteiger partial charge in [-0.05, 0) is 61.2 Å². The quantitative estimate of drug-likeness (QED) is 0.314. The lowest BCUT2D eigenvalue weighted by molar-refractivity contribution is -0.139. The molecule has 14 heteroatoms. The molecule has 4 heterocycles. The Bertz CT molecular complexity index is 1470. The number of aliphatic carboxylic acids is 1. The van der Waals surface area contributed by atoms with Crippen LogP contribution in [0.2, 0.25) is 0 Å². The number of pyridine rings is 1. The van der Waals surface area contributed by atoms with Gasteiger partial charge in [0.1, 0.15) is 30.3 Å². The van der Waals surface area contributed by atoms with E-state index in [1.54, 1.807) is 24.3 Å². The summed E-state index contributed by atoms with van der Waals surface area (Å²) in [5.74, 6) is -0.723. The van der Waals surface area contributed by atoms with Crippen molar-refractivity contribution in [2.24, 2.45) is 5.92 Å². The second-order valence-corrected chi connectivity index (χ2v) is 11.2. The summed E-state index contributed by atoms with van der Waals surface area (Å²) in [6.07, 6.45) is 0.0284.